The van der Waals surface area contributed by atoms with Crippen molar-refractivity contribution in [2.75, 3.05) is 0 Å². The number of rotatable bonds is 3. The van der Waals surface area contributed by atoms with Crippen LogP contribution in [0.15, 0.2) is 18.2 Å². The van der Waals surface area contributed by atoms with Crippen molar-refractivity contribution in [3.05, 3.63) is 45.0 Å². The van der Waals surface area contributed by atoms with Crippen molar-refractivity contribution in [3.63, 3.8) is 0 Å². The van der Waals surface area contributed by atoms with E-state index in [-0.39, 0.29) is 5.69 Å². The Hall–Kier alpha value is -2.17. The molecule has 0 saturated carbocycles. The number of nitro benzene ring substituents is 1. The first-order chi connectivity index (χ1) is 7.43. The number of benzene rings is 1. The molecule has 5 nitrogen and oxygen atoms in total. The number of carboxylic acid groups (broad SMARTS) is 1. The number of nitro groups is 1. The molecule has 0 aliphatic heterocycles. The fourth-order valence-electron chi connectivity index (χ4n) is 1.46. The highest BCUT2D eigenvalue weighted by atomic mass is 16.6. The second-order valence-electron chi connectivity index (χ2n) is 3.37. The van der Waals surface area contributed by atoms with Gasteiger partial charge in [-0.1, -0.05) is 6.07 Å². The second-order valence-corrected chi connectivity index (χ2v) is 3.37. The van der Waals surface area contributed by atoms with Gasteiger partial charge in [-0.05, 0) is 31.1 Å². The van der Waals surface area contributed by atoms with Crippen molar-refractivity contribution < 1.29 is 14.8 Å². The van der Waals surface area contributed by atoms with Crippen molar-refractivity contribution >= 4 is 17.7 Å². The highest BCUT2D eigenvalue weighted by Crippen LogP contribution is 2.25. The highest BCUT2D eigenvalue weighted by molar-refractivity contribution is 5.86. The maximum absolute atomic E-state index is 10.7. The van der Waals surface area contributed by atoms with E-state index in [0.717, 1.165) is 11.6 Å². The van der Waals surface area contributed by atoms with Crippen LogP contribution in [0.4, 0.5) is 5.69 Å². The summed E-state index contributed by atoms with van der Waals surface area (Å²) >= 11 is 0. The standard InChI is InChI=1S/C11H11NO4/c1-7-3-5-10(12(15)16)8(2)9(7)4-6-11(13)14/h3-6H,1-2H3,(H,13,14)/b6-4+. The van der Waals surface area contributed by atoms with Crippen molar-refractivity contribution in [2.45, 2.75) is 13.8 Å². The predicted molar refractivity (Wildman–Crippen MR) is 59.2 cm³/mol. The van der Waals surface area contributed by atoms with Gasteiger partial charge in [0, 0.05) is 17.7 Å². The fourth-order valence-corrected chi connectivity index (χ4v) is 1.46. The Kier molecular flexibility index (Phi) is 3.40. The molecule has 0 bridgehead atoms. The molecule has 0 amide bonds. The summed E-state index contributed by atoms with van der Waals surface area (Å²) in [6.45, 7) is 3.38. The zero-order chi connectivity index (χ0) is 12.3. The van der Waals surface area contributed by atoms with Crippen LogP contribution in [-0.2, 0) is 4.79 Å². The number of aryl methyl sites for hydroxylation is 1. The van der Waals surface area contributed by atoms with Crippen LogP contribution >= 0.6 is 0 Å². The summed E-state index contributed by atoms with van der Waals surface area (Å²) in [4.78, 5) is 20.6. The quantitative estimate of drug-likeness (QED) is 0.482. The molecule has 0 saturated heterocycles. The minimum atomic E-state index is -1.08. The van der Waals surface area contributed by atoms with Crippen molar-refractivity contribution in [1.82, 2.24) is 0 Å². The minimum absolute atomic E-state index is 0.00404. The zero-order valence-corrected chi connectivity index (χ0v) is 8.93. The molecule has 0 spiro atoms. The Labute approximate surface area is 92.2 Å². The SMILES string of the molecule is Cc1ccc([N+](=O)[O-])c(C)c1/C=C/C(=O)O. The van der Waals surface area contributed by atoms with Crippen molar-refractivity contribution in [1.29, 1.82) is 0 Å². The number of hydrogen-bond donors (Lipinski definition) is 1. The van der Waals surface area contributed by atoms with E-state index in [4.69, 9.17) is 5.11 Å². The third-order valence-electron chi connectivity index (χ3n) is 2.29. The summed E-state index contributed by atoms with van der Waals surface area (Å²) in [5.41, 5.74) is 1.86. The molecule has 0 aromatic heterocycles. The number of nitrogens with zero attached hydrogens (tertiary/aromatic N) is 1. The first-order valence-electron chi connectivity index (χ1n) is 4.59. The van der Waals surface area contributed by atoms with E-state index < -0.39 is 10.9 Å². The average Bonchev–Trinajstić information content (AvgIpc) is 2.16. The van der Waals surface area contributed by atoms with Gasteiger partial charge in [0.2, 0.25) is 0 Å². The van der Waals surface area contributed by atoms with E-state index in [9.17, 15) is 14.9 Å². The second kappa shape index (κ2) is 4.57. The summed E-state index contributed by atoms with van der Waals surface area (Å²) in [5, 5.41) is 19.2. The molecule has 0 fully saturated rings. The Morgan fingerprint density at radius 2 is 2.06 bits per heavy atom. The van der Waals surface area contributed by atoms with Gasteiger partial charge in [0.15, 0.2) is 0 Å². The van der Waals surface area contributed by atoms with Crippen LogP contribution in [0.2, 0.25) is 0 Å². The number of aliphatic carboxylic acids is 1. The van der Waals surface area contributed by atoms with Crippen LogP contribution in [0.1, 0.15) is 16.7 Å². The molecular weight excluding hydrogens is 210 g/mol. The molecule has 1 N–H and O–H groups in total. The molecular formula is C11H11NO4. The molecule has 0 aliphatic carbocycles. The summed E-state index contributed by atoms with van der Waals surface area (Å²) < 4.78 is 0. The van der Waals surface area contributed by atoms with Crippen LogP contribution in [0.5, 0.6) is 0 Å². The van der Waals surface area contributed by atoms with E-state index in [1.54, 1.807) is 19.9 Å². The smallest absolute Gasteiger partial charge is 0.328 e. The van der Waals surface area contributed by atoms with E-state index in [2.05, 4.69) is 0 Å². The first-order valence-corrected chi connectivity index (χ1v) is 4.59. The monoisotopic (exact) mass is 221 g/mol. The first kappa shape index (κ1) is 11.9. The summed E-state index contributed by atoms with van der Waals surface area (Å²) in [5.74, 6) is -1.08. The molecule has 1 aromatic carbocycles. The van der Waals surface area contributed by atoms with Crippen LogP contribution < -0.4 is 0 Å². The molecule has 0 heterocycles. The highest BCUT2D eigenvalue weighted by Gasteiger charge is 2.13. The Morgan fingerprint density at radius 3 is 2.56 bits per heavy atom. The van der Waals surface area contributed by atoms with Crippen LogP contribution in [0.3, 0.4) is 0 Å². The van der Waals surface area contributed by atoms with Crippen molar-refractivity contribution in [3.8, 4) is 0 Å². The fraction of sp³-hybridized carbons (Fsp3) is 0.182. The summed E-state index contributed by atoms with van der Waals surface area (Å²) in [6, 6.07) is 3.02. The molecule has 1 rings (SSSR count). The van der Waals surface area contributed by atoms with Gasteiger partial charge in [-0.3, -0.25) is 10.1 Å². The number of carbonyl (C=O) groups is 1. The average molecular weight is 221 g/mol. The molecule has 0 aliphatic rings. The lowest BCUT2D eigenvalue weighted by molar-refractivity contribution is -0.385. The van der Waals surface area contributed by atoms with Gasteiger partial charge >= 0.3 is 5.97 Å². The van der Waals surface area contributed by atoms with Gasteiger partial charge < -0.3 is 5.11 Å². The normalized spacial score (nSPS) is 10.6. The molecule has 84 valence electrons. The Morgan fingerprint density at radius 1 is 1.44 bits per heavy atom. The lowest BCUT2D eigenvalue weighted by atomic mass is 10.0. The maximum atomic E-state index is 10.7. The molecule has 0 unspecified atom stereocenters. The van der Waals surface area contributed by atoms with Gasteiger partial charge in [0.05, 0.1) is 4.92 Å². The largest absolute Gasteiger partial charge is 0.478 e. The van der Waals surface area contributed by atoms with E-state index in [1.165, 1.54) is 12.1 Å². The van der Waals surface area contributed by atoms with Crippen molar-refractivity contribution in [2.24, 2.45) is 0 Å². The third-order valence-corrected chi connectivity index (χ3v) is 2.29. The van der Waals surface area contributed by atoms with Crippen LogP contribution in [0.25, 0.3) is 6.08 Å². The van der Waals surface area contributed by atoms with Crippen LogP contribution in [0, 0.1) is 24.0 Å². The van der Waals surface area contributed by atoms with Gasteiger partial charge in [0.25, 0.3) is 5.69 Å². The van der Waals surface area contributed by atoms with Gasteiger partial charge in [-0.15, -0.1) is 0 Å². The van der Waals surface area contributed by atoms with E-state index in [0.29, 0.717) is 11.1 Å². The Balaban J connectivity index is 3.32. The zero-order valence-electron chi connectivity index (χ0n) is 8.93. The number of carboxylic acids is 1. The molecule has 0 radical (unpaired) electrons. The third kappa shape index (κ3) is 2.44. The minimum Gasteiger partial charge on any atom is -0.478 e. The van der Waals surface area contributed by atoms with Gasteiger partial charge in [-0.2, -0.15) is 0 Å². The van der Waals surface area contributed by atoms with Gasteiger partial charge in [0.1, 0.15) is 0 Å². The summed E-state index contributed by atoms with van der Waals surface area (Å²) in [7, 11) is 0. The van der Waals surface area contributed by atoms with E-state index in [1.807, 2.05) is 0 Å². The topological polar surface area (TPSA) is 80.4 Å². The molecule has 16 heavy (non-hydrogen) atoms. The van der Waals surface area contributed by atoms with Crippen LogP contribution in [-0.4, -0.2) is 16.0 Å². The maximum Gasteiger partial charge on any atom is 0.328 e. The lowest BCUT2D eigenvalue weighted by Gasteiger charge is -2.05. The number of hydrogen-bond acceptors (Lipinski definition) is 3. The molecule has 0 atom stereocenters. The van der Waals surface area contributed by atoms with E-state index >= 15 is 0 Å². The summed E-state index contributed by atoms with van der Waals surface area (Å²) in [6.07, 6.45) is 2.35. The molecule has 5 heteroatoms. The predicted octanol–water partition coefficient (Wildman–Crippen LogP) is 2.31. The van der Waals surface area contributed by atoms with Gasteiger partial charge in [-0.25, -0.2) is 4.79 Å². The lowest BCUT2D eigenvalue weighted by Crippen LogP contribution is -1.96. The Bertz CT molecular complexity index is 477. The molecule has 1 aromatic rings.